The lowest BCUT2D eigenvalue weighted by atomic mass is 10.3. The average molecular weight is 249 g/mol. The number of nitrogen functional groups attached to an aromatic ring is 1. The summed E-state index contributed by atoms with van der Waals surface area (Å²) < 4.78 is 0. The van der Waals surface area contributed by atoms with Gasteiger partial charge in [0.25, 0.3) is 0 Å². The minimum atomic E-state index is 0.377. The SMILES string of the molecule is CCc1nc(N)cc(NC(C)CN2CCCC2)n1. The van der Waals surface area contributed by atoms with Crippen LogP contribution in [0.15, 0.2) is 6.07 Å². The van der Waals surface area contributed by atoms with E-state index in [-0.39, 0.29) is 0 Å². The van der Waals surface area contributed by atoms with Crippen LogP contribution in [0.3, 0.4) is 0 Å². The summed E-state index contributed by atoms with van der Waals surface area (Å²) in [5, 5.41) is 3.41. The van der Waals surface area contributed by atoms with Crippen LogP contribution in [-0.2, 0) is 6.42 Å². The molecule has 3 N–H and O–H groups in total. The molecule has 1 aromatic heterocycles. The first-order chi connectivity index (χ1) is 8.67. The van der Waals surface area contributed by atoms with E-state index in [1.807, 2.05) is 6.92 Å². The summed E-state index contributed by atoms with van der Waals surface area (Å²) in [4.78, 5) is 11.1. The van der Waals surface area contributed by atoms with Gasteiger partial charge in [0.15, 0.2) is 0 Å². The summed E-state index contributed by atoms with van der Waals surface area (Å²) in [6, 6.07) is 2.18. The van der Waals surface area contributed by atoms with Gasteiger partial charge in [-0.15, -0.1) is 0 Å². The van der Waals surface area contributed by atoms with Crippen LogP contribution in [0, 0.1) is 0 Å². The number of nitrogens with two attached hydrogens (primary N) is 1. The Kier molecular flexibility index (Phi) is 4.36. The van der Waals surface area contributed by atoms with Gasteiger partial charge in [-0.1, -0.05) is 6.92 Å². The van der Waals surface area contributed by atoms with Crippen molar-refractivity contribution in [3.63, 3.8) is 0 Å². The number of hydrogen-bond donors (Lipinski definition) is 2. The van der Waals surface area contributed by atoms with Crippen molar-refractivity contribution in [2.24, 2.45) is 0 Å². The molecule has 0 saturated carbocycles. The highest BCUT2D eigenvalue weighted by molar-refractivity contribution is 5.45. The molecule has 1 aromatic rings. The molecule has 2 rings (SSSR count). The summed E-state index contributed by atoms with van der Waals surface area (Å²) in [7, 11) is 0. The van der Waals surface area contributed by atoms with E-state index in [9.17, 15) is 0 Å². The largest absolute Gasteiger partial charge is 0.384 e. The summed E-state index contributed by atoms with van der Waals surface area (Å²) in [6.07, 6.45) is 3.46. The van der Waals surface area contributed by atoms with Crippen LogP contribution >= 0.6 is 0 Å². The first-order valence-corrected chi connectivity index (χ1v) is 6.79. The predicted octanol–water partition coefficient (Wildman–Crippen LogP) is 1.52. The lowest BCUT2D eigenvalue weighted by molar-refractivity contribution is 0.327. The number of hydrogen-bond acceptors (Lipinski definition) is 5. The normalized spacial score (nSPS) is 17.9. The van der Waals surface area contributed by atoms with Crippen molar-refractivity contribution < 1.29 is 0 Å². The molecule has 18 heavy (non-hydrogen) atoms. The highest BCUT2D eigenvalue weighted by Crippen LogP contribution is 2.12. The minimum absolute atomic E-state index is 0.377. The van der Waals surface area contributed by atoms with E-state index < -0.39 is 0 Å². The molecule has 100 valence electrons. The van der Waals surface area contributed by atoms with Gasteiger partial charge in [-0.3, -0.25) is 0 Å². The van der Waals surface area contributed by atoms with Crippen molar-refractivity contribution >= 4 is 11.6 Å². The molecule has 1 aliphatic rings. The molecule has 1 fully saturated rings. The Labute approximate surface area is 109 Å². The fourth-order valence-corrected chi connectivity index (χ4v) is 2.40. The Bertz CT molecular complexity index is 387. The second-order valence-corrected chi connectivity index (χ2v) is 5.00. The van der Waals surface area contributed by atoms with Gasteiger partial charge in [-0.2, -0.15) is 0 Å². The molecule has 1 unspecified atom stereocenters. The van der Waals surface area contributed by atoms with Crippen molar-refractivity contribution in [2.75, 3.05) is 30.7 Å². The summed E-state index contributed by atoms with van der Waals surface area (Å²) in [6.45, 7) is 7.72. The van der Waals surface area contributed by atoms with E-state index in [4.69, 9.17) is 5.73 Å². The van der Waals surface area contributed by atoms with E-state index in [0.717, 1.165) is 24.6 Å². The second kappa shape index (κ2) is 6.00. The Hall–Kier alpha value is -1.36. The van der Waals surface area contributed by atoms with Crippen molar-refractivity contribution in [1.29, 1.82) is 0 Å². The maximum atomic E-state index is 5.77. The second-order valence-electron chi connectivity index (χ2n) is 5.00. The third kappa shape index (κ3) is 3.57. The standard InChI is InChI=1S/C13H23N5/c1-3-12-16-11(14)8-13(17-12)15-10(2)9-18-6-4-5-7-18/h8,10H,3-7,9H2,1-2H3,(H3,14,15,16,17). The van der Waals surface area contributed by atoms with Gasteiger partial charge in [0, 0.05) is 25.1 Å². The molecule has 0 aliphatic carbocycles. The molecule has 0 radical (unpaired) electrons. The number of anilines is 2. The Morgan fingerprint density at radius 1 is 1.39 bits per heavy atom. The number of aromatic nitrogens is 2. The minimum Gasteiger partial charge on any atom is -0.384 e. The molecule has 0 bridgehead atoms. The van der Waals surface area contributed by atoms with E-state index in [0.29, 0.717) is 11.9 Å². The molecule has 2 heterocycles. The smallest absolute Gasteiger partial charge is 0.132 e. The molecule has 1 atom stereocenters. The zero-order chi connectivity index (χ0) is 13.0. The molecule has 1 saturated heterocycles. The Balaban J connectivity index is 1.93. The van der Waals surface area contributed by atoms with Crippen molar-refractivity contribution in [1.82, 2.24) is 14.9 Å². The maximum absolute atomic E-state index is 5.77. The number of nitrogens with zero attached hydrogens (tertiary/aromatic N) is 3. The van der Waals surface area contributed by atoms with Crippen LogP contribution < -0.4 is 11.1 Å². The van der Waals surface area contributed by atoms with Gasteiger partial charge < -0.3 is 16.0 Å². The van der Waals surface area contributed by atoms with Gasteiger partial charge >= 0.3 is 0 Å². The number of rotatable bonds is 5. The van der Waals surface area contributed by atoms with Crippen LogP contribution in [0.4, 0.5) is 11.6 Å². The molecular weight excluding hydrogens is 226 g/mol. The lowest BCUT2D eigenvalue weighted by Gasteiger charge is -2.21. The van der Waals surface area contributed by atoms with Crippen molar-refractivity contribution in [2.45, 2.75) is 39.2 Å². The number of likely N-dealkylation sites (tertiary alicyclic amines) is 1. The summed E-state index contributed by atoms with van der Waals surface area (Å²) in [5.74, 6) is 2.18. The van der Waals surface area contributed by atoms with Crippen molar-refractivity contribution in [3.8, 4) is 0 Å². The zero-order valence-electron chi connectivity index (χ0n) is 11.3. The highest BCUT2D eigenvalue weighted by atomic mass is 15.2. The van der Waals surface area contributed by atoms with Crippen LogP contribution in [0.2, 0.25) is 0 Å². The van der Waals surface area contributed by atoms with Crippen LogP contribution in [0.1, 0.15) is 32.5 Å². The van der Waals surface area contributed by atoms with Gasteiger partial charge in [0.1, 0.15) is 17.5 Å². The van der Waals surface area contributed by atoms with Gasteiger partial charge in [0.05, 0.1) is 0 Å². The monoisotopic (exact) mass is 249 g/mol. The third-order valence-electron chi connectivity index (χ3n) is 3.23. The highest BCUT2D eigenvalue weighted by Gasteiger charge is 2.15. The molecule has 5 heteroatoms. The molecule has 0 aromatic carbocycles. The first-order valence-electron chi connectivity index (χ1n) is 6.79. The van der Waals surface area contributed by atoms with Crippen molar-refractivity contribution in [3.05, 3.63) is 11.9 Å². The van der Waals surface area contributed by atoms with E-state index in [2.05, 4.69) is 27.1 Å². The molecule has 5 nitrogen and oxygen atoms in total. The fraction of sp³-hybridized carbons (Fsp3) is 0.692. The van der Waals surface area contributed by atoms with E-state index >= 15 is 0 Å². The molecular formula is C13H23N5. The van der Waals surface area contributed by atoms with Crippen LogP contribution in [-0.4, -0.2) is 40.5 Å². The van der Waals surface area contributed by atoms with E-state index in [1.165, 1.54) is 25.9 Å². The molecule has 1 aliphatic heterocycles. The molecule has 0 amide bonds. The summed E-state index contributed by atoms with van der Waals surface area (Å²) in [5.41, 5.74) is 5.77. The lowest BCUT2D eigenvalue weighted by Crippen LogP contribution is -2.33. The van der Waals surface area contributed by atoms with Gasteiger partial charge in [0.2, 0.25) is 0 Å². The zero-order valence-corrected chi connectivity index (χ0v) is 11.3. The molecule has 0 spiro atoms. The maximum Gasteiger partial charge on any atom is 0.132 e. The van der Waals surface area contributed by atoms with Gasteiger partial charge in [-0.25, -0.2) is 9.97 Å². The van der Waals surface area contributed by atoms with E-state index in [1.54, 1.807) is 6.07 Å². The third-order valence-corrected chi connectivity index (χ3v) is 3.23. The first kappa shape index (κ1) is 13.1. The number of aryl methyl sites for hydroxylation is 1. The number of nitrogens with one attached hydrogen (secondary N) is 1. The topological polar surface area (TPSA) is 67.1 Å². The fourth-order valence-electron chi connectivity index (χ4n) is 2.40. The Morgan fingerprint density at radius 2 is 2.11 bits per heavy atom. The summed E-state index contributed by atoms with van der Waals surface area (Å²) >= 11 is 0. The average Bonchev–Trinajstić information content (AvgIpc) is 2.80. The Morgan fingerprint density at radius 3 is 2.78 bits per heavy atom. The van der Waals surface area contributed by atoms with Gasteiger partial charge in [-0.05, 0) is 32.9 Å². The quantitative estimate of drug-likeness (QED) is 0.828. The predicted molar refractivity (Wildman–Crippen MR) is 74.6 cm³/mol. The van der Waals surface area contributed by atoms with Crippen LogP contribution in [0.25, 0.3) is 0 Å². The van der Waals surface area contributed by atoms with Crippen LogP contribution in [0.5, 0.6) is 0 Å².